The molecule has 0 unspecified atom stereocenters. The van der Waals surface area contributed by atoms with E-state index < -0.39 is 0 Å². The molecule has 1 N–H and O–H groups in total. The molecule has 2 rings (SSSR count). The number of nitrogens with zero attached hydrogens (tertiary/aromatic N) is 3. The minimum Gasteiger partial charge on any atom is -0.380 e. The third-order valence-corrected chi connectivity index (χ3v) is 3.29. The predicted octanol–water partition coefficient (Wildman–Crippen LogP) is 3.68. The van der Waals surface area contributed by atoms with E-state index in [9.17, 15) is 0 Å². The van der Waals surface area contributed by atoms with E-state index in [-0.39, 0.29) is 0 Å². The molecule has 0 aliphatic rings. The summed E-state index contributed by atoms with van der Waals surface area (Å²) in [7, 11) is 1.91. The number of hydrogen-bond acceptors (Lipinski definition) is 3. The zero-order chi connectivity index (χ0) is 14.7. The fourth-order valence-corrected chi connectivity index (χ4v) is 2.30. The van der Waals surface area contributed by atoms with Crippen LogP contribution in [0.3, 0.4) is 0 Å². The van der Waals surface area contributed by atoms with Crippen LogP contribution in [-0.4, -0.2) is 9.78 Å². The van der Waals surface area contributed by atoms with Gasteiger partial charge < -0.3 is 5.32 Å². The number of nitrogens with one attached hydrogen (secondary N) is 1. The molecule has 1 aromatic heterocycles. The van der Waals surface area contributed by atoms with Gasteiger partial charge in [0.2, 0.25) is 0 Å². The van der Waals surface area contributed by atoms with Crippen LogP contribution in [-0.2, 0) is 13.6 Å². The summed E-state index contributed by atoms with van der Waals surface area (Å²) in [4.78, 5) is 0. The SMILES string of the molecule is CC(C)c1nn(C)cc1CNc1cc(Cl)ccc1C#N. The Balaban J connectivity index is 2.21. The molecule has 0 spiro atoms. The third-order valence-electron chi connectivity index (χ3n) is 3.06. The summed E-state index contributed by atoms with van der Waals surface area (Å²) in [5, 5.41) is 17.5. The summed E-state index contributed by atoms with van der Waals surface area (Å²) in [6.07, 6.45) is 2.00. The largest absolute Gasteiger partial charge is 0.380 e. The molecule has 5 heteroatoms. The Morgan fingerprint density at radius 2 is 2.20 bits per heavy atom. The second-order valence-electron chi connectivity index (χ2n) is 5.02. The number of benzene rings is 1. The van der Waals surface area contributed by atoms with Gasteiger partial charge in [-0.3, -0.25) is 4.68 Å². The lowest BCUT2D eigenvalue weighted by molar-refractivity contribution is 0.712. The maximum Gasteiger partial charge on any atom is 0.101 e. The third kappa shape index (κ3) is 3.12. The molecule has 0 radical (unpaired) electrons. The van der Waals surface area contributed by atoms with E-state index in [4.69, 9.17) is 16.9 Å². The number of hydrogen-bond donors (Lipinski definition) is 1. The van der Waals surface area contributed by atoms with Crippen LogP contribution in [0.1, 0.15) is 36.6 Å². The van der Waals surface area contributed by atoms with E-state index in [0.29, 0.717) is 23.0 Å². The van der Waals surface area contributed by atoms with Crippen molar-refractivity contribution in [2.24, 2.45) is 7.05 Å². The summed E-state index contributed by atoms with van der Waals surface area (Å²) >= 11 is 5.98. The number of halogens is 1. The first-order chi connectivity index (χ1) is 9.51. The van der Waals surface area contributed by atoms with Crippen LogP contribution in [0.4, 0.5) is 5.69 Å². The standard InChI is InChI=1S/C15H17ClN4/c1-10(2)15-12(9-20(3)19-15)8-18-14-6-13(16)5-4-11(14)7-17/h4-6,9-10,18H,8H2,1-3H3. The van der Waals surface area contributed by atoms with Crippen LogP contribution >= 0.6 is 11.6 Å². The molecule has 0 atom stereocenters. The summed E-state index contributed by atoms with van der Waals surface area (Å²) in [6.45, 7) is 4.86. The van der Waals surface area contributed by atoms with Crippen LogP contribution < -0.4 is 5.32 Å². The van der Waals surface area contributed by atoms with Crippen LogP contribution in [0.15, 0.2) is 24.4 Å². The molecule has 0 aliphatic heterocycles. The number of aryl methyl sites for hydroxylation is 1. The van der Waals surface area contributed by atoms with Gasteiger partial charge in [-0.15, -0.1) is 0 Å². The Bertz CT molecular complexity index is 652. The fourth-order valence-electron chi connectivity index (χ4n) is 2.13. The van der Waals surface area contributed by atoms with E-state index in [1.807, 2.05) is 17.9 Å². The molecule has 0 amide bonds. The van der Waals surface area contributed by atoms with Gasteiger partial charge in [-0.05, 0) is 24.1 Å². The first-order valence-electron chi connectivity index (χ1n) is 6.47. The summed E-state index contributed by atoms with van der Waals surface area (Å²) < 4.78 is 1.82. The quantitative estimate of drug-likeness (QED) is 0.934. The van der Waals surface area contributed by atoms with Gasteiger partial charge in [-0.1, -0.05) is 25.4 Å². The Labute approximate surface area is 124 Å². The van der Waals surface area contributed by atoms with E-state index in [1.54, 1.807) is 18.2 Å². The number of rotatable bonds is 4. The Morgan fingerprint density at radius 1 is 1.45 bits per heavy atom. The highest BCUT2D eigenvalue weighted by atomic mass is 35.5. The molecule has 1 aromatic carbocycles. The lowest BCUT2D eigenvalue weighted by Crippen LogP contribution is -2.04. The first-order valence-corrected chi connectivity index (χ1v) is 6.85. The Hall–Kier alpha value is -1.99. The van der Waals surface area contributed by atoms with Gasteiger partial charge in [0.1, 0.15) is 6.07 Å². The predicted molar refractivity (Wildman–Crippen MR) is 80.8 cm³/mol. The highest BCUT2D eigenvalue weighted by Gasteiger charge is 2.12. The molecule has 0 aliphatic carbocycles. The number of aromatic nitrogens is 2. The minimum atomic E-state index is 0.364. The van der Waals surface area contributed by atoms with E-state index in [1.165, 1.54) is 0 Å². The molecule has 0 saturated carbocycles. The second kappa shape index (κ2) is 5.98. The maximum absolute atomic E-state index is 9.10. The van der Waals surface area contributed by atoms with Crippen molar-refractivity contribution >= 4 is 17.3 Å². The smallest absolute Gasteiger partial charge is 0.101 e. The summed E-state index contributed by atoms with van der Waals surface area (Å²) in [5.74, 6) is 0.364. The highest BCUT2D eigenvalue weighted by Crippen LogP contribution is 2.23. The van der Waals surface area contributed by atoms with Crippen molar-refractivity contribution in [3.05, 3.63) is 46.2 Å². The lowest BCUT2D eigenvalue weighted by Gasteiger charge is -2.10. The zero-order valence-corrected chi connectivity index (χ0v) is 12.6. The van der Waals surface area contributed by atoms with E-state index in [0.717, 1.165) is 16.9 Å². The molecule has 4 nitrogen and oxygen atoms in total. The Morgan fingerprint density at radius 3 is 2.85 bits per heavy atom. The van der Waals surface area contributed by atoms with Crippen LogP contribution in [0.5, 0.6) is 0 Å². The molecule has 0 bridgehead atoms. The lowest BCUT2D eigenvalue weighted by atomic mass is 10.1. The van der Waals surface area contributed by atoms with Gasteiger partial charge in [0, 0.05) is 30.4 Å². The molecule has 104 valence electrons. The molecule has 2 aromatic rings. The van der Waals surface area contributed by atoms with Crippen LogP contribution in [0, 0.1) is 11.3 Å². The van der Waals surface area contributed by atoms with Crippen molar-refractivity contribution < 1.29 is 0 Å². The van der Waals surface area contributed by atoms with Crippen LogP contribution in [0.2, 0.25) is 5.02 Å². The monoisotopic (exact) mass is 288 g/mol. The summed E-state index contributed by atoms with van der Waals surface area (Å²) in [5.41, 5.74) is 3.54. The van der Waals surface area contributed by atoms with E-state index >= 15 is 0 Å². The van der Waals surface area contributed by atoms with Gasteiger partial charge >= 0.3 is 0 Å². The van der Waals surface area contributed by atoms with Gasteiger partial charge in [0.25, 0.3) is 0 Å². The molecule has 0 saturated heterocycles. The average molecular weight is 289 g/mol. The van der Waals surface area contributed by atoms with Crippen molar-refractivity contribution in [1.29, 1.82) is 5.26 Å². The minimum absolute atomic E-state index is 0.364. The summed E-state index contributed by atoms with van der Waals surface area (Å²) in [6, 6.07) is 7.37. The molecule has 0 fully saturated rings. The van der Waals surface area contributed by atoms with Crippen molar-refractivity contribution in [3.63, 3.8) is 0 Å². The average Bonchev–Trinajstić information content (AvgIpc) is 2.78. The number of anilines is 1. The fraction of sp³-hybridized carbons (Fsp3) is 0.333. The Kier molecular flexibility index (Phi) is 4.31. The molecule has 1 heterocycles. The van der Waals surface area contributed by atoms with E-state index in [2.05, 4.69) is 30.3 Å². The second-order valence-corrected chi connectivity index (χ2v) is 5.46. The van der Waals surface area contributed by atoms with Crippen molar-refractivity contribution in [2.45, 2.75) is 26.3 Å². The van der Waals surface area contributed by atoms with Crippen molar-refractivity contribution in [2.75, 3.05) is 5.32 Å². The van der Waals surface area contributed by atoms with Crippen LogP contribution in [0.25, 0.3) is 0 Å². The maximum atomic E-state index is 9.10. The topological polar surface area (TPSA) is 53.6 Å². The molecular formula is C15H17ClN4. The van der Waals surface area contributed by atoms with Crippen molar-refractivity contribution in [1.82, 2.24) is 9.78 Å². The van der Waals surface area contributed by atoms with Gasteiger partial charge in [0.05, 0.1) is 16.9 Å². The normalized spacial score (nSPS) is 10.6. The van der Waals surface area contributed by atoms with Gasteiger partial charge in [0.15, 0.2) is 0 Å². The first kappa shape index (κ1) is 14.4. The van der Waals surface area contributed by atoms with Crippen molar-refractivity contribution in [3.8, 4) is 6.07 Å². The highest BCUT2D eigenvalue weighted by molar-refractivity contribution is 6.30. The van der Waals surface area contributed by atoms with Gasteiger partial charge in [-0.2, -0.15) is 10.4 Å². The number of nitriles is 1. The molecular weight excluding hydrogens is 272 g/mol. The molecule has 20 heavy (non-hydrogen) atoms. The van der Waals surface area contributed by atoms with Gasteiger partial charge in [-0.25, -0.2) is 0 Å². The zero-order valence-electron chi connectivity index (χ0n) is 11.8.